The minimum Gasteiger partial charge on any atom is -0.476 e. The Balaban J connectivity index is 1.15. The van der Waals surface area contributed by atoms with E-state index in [9.17, 15) is 41.1 Å². The number of oxime groups is 1. The molecule has 1 fully saturated rings. The molecule has 2 amide bonds. The molecule has 1 saturated heterocycles. The molecule has 2 aliphatic heterocycles. The summed E-state index contributed by atoms with van der Waals surface area (Å²) in [4.78, 5) is 53.4. The zero-order chi connectivity index (χ0) is 49.1. The summed E-state index contributed by atoms with van der Waals surface area (Å²) < 4.78 is 67.9. The molecule has 2 atom stereocenters. The van der Waals surface area contributed by atoms with Crippen molar-refractivity contribution in [2.45, 2.75) is 28.1 Å². The van der Waals surface area contributed by atoms with Gasteiger partial charge < -0.3 is 24.8 Å². The number of rotatable bonds is 16. The van der Waals surface area contributed by atoms with Gasteiger partial charge in [0.05, 0.1) is 5.75 Å². The summed E-state index contributed by atoms with van der Waals surface area (Å²) in [6, 6.07) is 55.4. The van der Waals surface area contributed by atoms with Crippen molar-refractivity contribution < 1.29 is 50.1 Å². The number of carboxylic acids is 1. The third-order valence-corrected chi connectivity index (χ3v) is 14.6. The molecule has 13 nitrogen and oxygen atoms in total. The summed E-state index contributed by atoms with van der Waals surface area (Å²) in [5, 5.41) is 21.7. The number of carbonyl (C=O) groups is 3. The largest absolute Gasteiger partial charge is 0.534 e. The van der Waals surface area contributed by atoms with Crippen molar-refractivity contribution >= 4 is 61.8 Å². The number of aliphatic carboxylic acids is 1. The number of hydrogen-bond acceptors (Lipinski definition) is 12. The summed E-state index contributed by atoms with van der Waals surface area (Å²) >= 11 is 1.85. The highest BCUT2D eigenvalue weighted by molar-refractivity contribution is 8.00. The fourth-order valence-corrected chi connectivity index (χ4v) is 11.0. The predicted octanol–water partition coefficient (Wildman–Crippen LogP) is 8.82. The van der Waals surface area contributed by atoms with Crippen LogP contribution in [0, 0.1) is 0 Å². The van der Waals surface area contributed by atoms with Crippen LogP contribution in [0.15, 0.2) is 204 Å². The second-order valence-electron chi connectivity index (χ2n) is 15.7. The van der Waals surface area contributed by atoms with E-state index in [4.69, 9.17) is 9.82 Å². The average molecular weight is 1000 g/mol. The monoisotopic (exact) mass is 1000 g/mol. The molecule has 0 saturated carbocycles. The van der Waals surface area contributed by atoms with Gasteiger partial charge in [0.1, 0.15) is 22.6 Å². The Kier molecular flexibility index (Phi) is 13.1. The van der Waals surface area contributed by atoms with E-state index in [1.165, 1.54) is 0 Å². The number of nitrogens with zero attached hydrogens (tertiary/aromatic N) is 3. The number of benzene rings is 6. The van der Waals surface area contributed by atoms with Crippen LogP contribution in [0.3, 0.4) is 0 Å². The van der Waals surface area contributed by atoms with E-state index >= 15 is 0 Å². The first kappa shape index (κ1) is 47.3. The quantitative estimate of drug-likeness (QED) is 0.0211. The van der Waals surface area contributed by atoms with Gasteiger partial charge in [-0.15, -0.1) is 23.1 Å². The second kappa shape index (κ2) is 19.3. The minimum atomic E-state index is -6.29. The summed E-state index contributed by atoms with van der Waals surface area (Å²) in [6.45, 7) is 0. The number of thioether (sulfide) groups is 1. The zero-order valence-corrected chi connectivity index (χ0v) is 38.7. The van der Waals surface area contributed by atoms with Gasteiger partial charge in [0.2, 0.25) is 5.60 Å². The number of thiazole rings is 1. The molecule has 7 aromatic rings. The van der Waals surface area contributed by atoms with Gasteiger partial charge in [-0.3, -0.25) is 14.5 Å². The molecule has 70 heavy (non-hydrogen) atoms. The van der Waals surface area contributed by atoms with E-state index in [1.54, 1.807) is 5.38 Å². The van der Waals surface area contributed by atoms with Crippen LogP contribution in [0.1, 0.15) is 39.1 Å². The van der Waals surface area contributed by atoms with Crippen LogP contribution >= 0.6 is 23.1 Å². The number of carboxylic acid groups (broad SMARTS) is 1. The van der Waals surface area contributed by atoms with Crippen molar-refractivity contribution in [2.24, 2.45) is 5.16 Å². The second-order valence-corrected chi connectivity index (χ2v) is 19.2. The van der Waals surface area contributed by atoms with Crippen LogP contribution < -0.4 is 10.6 Å². The Hall–Kier alpha value is -7.74. The highest BCUT2D eigenvalue weighted by Crippen LogP contribution is 2.45. The molecule has 354 valence electrons. The Morgan fingerprint density at radius 2 is 1.13 bits per heavy atom. The lowest BCUT2D eigenvalue weighted by atomic mass is 9.77. The molecule has 9 rings (SSSR count). The minimum absolute atomic E-state index is 0.00950. The molecule has 1 aromatic heterocycles. The molecule has 0 bridgehead atoms. The zero-order valence-electron chi connectivity index (χ0n) is 36.3. The van der Waals surface area contributed by atoms with E-state index in [0.29, 0.717) is 38.5 Å². The summed E-state index contributed by atoms with van der Waals surface area (Å²) in [7, 11) is -6.29. The molecule has 0 aliphatic carbocycles. The van der Waals surface area contributed by atoms with E-state index in [-0.39, 0.29) is 5.69 Å². The Morgan fingerprint density at radius 1 is 0.700 bits per heavy atom. The summed E-state index contributed by atoms with van der Waals surface area (Å²) in [6.07, 6.45) is 0. The van der Waals surface area contributed by atoms with Gasteiger partial charge >= 0.3 is 21.6 Å². The van der Waals surface area contributed by atoms with Crippen molar-refractivity contribution in [1.82, 2.24) is 15.2 Å². The number of β-lactam (4-membered cyclic amide) rings is 1. The topological polar surface area (TPSA) is 177 Å². The smallest absolute Gasteiger partial charge is 0.476 e. The molecule has 0 spiro atoms. The van der Waals surface area contributed by atoms with Crippen LogP contribution in [0.2, 0.25) is 0 Å². The molecule has 6 aromatic carbocycles. The number of alkyl halides is 3. The first-order valence-electron chi connectivity index (χ1n) is 21.3. The maximum Gasteiger partial charge on any atom is 0.534 e. The lowest BCUT2D eigenvalue weighted by molar-refractivity contribution is -0.150. The third kappa shape index (κ3) is 8.78. The van der Waals surface area contributed by atoms with E-state index in [2.05, 4.69) is 20.0 Å². The molecule has 2 aliphatic rings. The Morgan fingerprint density at radius 3 is 1.54 bits per heavy atom. The molecular weight excluding hydrogens is 964 g/mol. The van der Waals surface area contributed by atoms with Crippen molar-refractivity contribution in [3.05, 3.63) is 238 Å². The first-order chi connectivity index (χ1) is 33.7. The van der Waals surface area contributed by atoms with Gasteiger partial charge in [-0.25, -0.2) is 9.78 Å². The fraction of sp³-hybridized carbons (Fsp3) is 0.118. The van der Waals surface area contributed by atoms with Gasteiger partial charge in [-0.2, -0.15) is 21.6 Å². The average Bonchev–Trinajstić information content (AvgIpc) is 3.85. The molecule has 3 N–H and O–H groups in total. The summed E-state index contributed by atoms with van der Waals surface area (Å²) in [5.74, 6) is -5.80. The number of anilines is 1. The molecular formula is C51H38F3N5O8S3. The first-order valence-corrected chi connectivity index (χ1v) is 24.6. The van der Waals surface area contributed by atoms with Crippen LogP contribution in [-0.4, -0.2) is 69.6 Å². The van der Waals surface area contributed by atoms with Crippen molar-refractivity contribution in [2.75, 3.05) is 11.1 Å². The number of carbonyl (C=O) groups excluding carboxylic acids is 2. The van der Waals surface area contributed by atoms with Crippen molar-refractivity contribution in [3.8, 4) is 0 Å². The van der Waals surface area contributed by atoms with Crippen LogP contribution in [0.5, 0.6) is 0 Å². The maximum absolute atomic E-state index is 14.9. The van der Waals surface area contributed by atoms with Gasteiger partial charge in [-0.1, -0.05) is 187 Å². The highest BCUT2D eigenvalue weighted by atomic mass is 32.2. The van der Waals surface area contributed by atoms with Gasteiger partial charge in [-0.05, 0) is 16.7 Å². The number of aromatic nitrogens is 1. The lowest BCUT2D eigenvalue weighted by Gasteiger charge is -2.48. The number of nitrogens with one attached hydrogen (secondary N) is 2. The normalized spacial score (nSPS) is 16.4. The van der Waals surface area contributed by atoms with Gasteiger partial charge in [0.25, 0.3) is 11.8 Å². The molecule has 0 unspecified atom stereocenters. The van der Waals surface area contributed by atoms with Crippen molar-refractivity contribution in [3.63, 3.8) is 0 Å². The Labute approximate surface area is 407 Å². The molecule has 0 radical (unpaired) electrons. The van der Waals surface area contributed by atoms with E-state index in [0.717, 1.165) is 28.0 Å². The number of fused-ring (bicyclic) bond motifs is 1. The third-order valence-electron chi connectivity index (χ3n) is 11.6. The highest BCUT2D eigenvalue weighted by Gasteiger charge is 2.57. The van der Waals surface area contributed by atoms with Crippen molar-refractivity contribution in [1.29, 1.82) is 0 Å². The maximum atomic E-state index is 14.9. The van der Waals surface area contributed by atoms with E-state index in [1.807, 2.05) is 182 Å². The van der Waals surface area contributed by atoms with Gasteiger partial charge in [0.15, 0.2) is 22.3 Å². The summed E-state index contributed by atoms with van der Waals surface area (Å²) in [5.41, 5.74) is -5.39. The number of amides is 2. The Bertz CT molecular complexity index is 3010. The van der Waals surface area contributed by atoms with E-state index < -0.39 is 78.9 Å². The lowest BCUT2D eigenvalue weighted by Crippen LogP contribution is -2.71. The number of halogens is 3. The van der Waals surface area contributed by atoms with Crippen LogP contribution in [0.25, 0.3) is 0 Å². The van der Waals surface area contributed by atoms with Crippen LogP contribution in [-0.2, 0) is 44.7 Å². The predicted molar refractivity (Wildman–Crippen MR) is 258 cm³/mol. The van der Waals surface area contributed by atoms with Gasteiger partial charge in [0, 0.05) is 22.1 Å². The number of hydrogen-bond donors (Lipinski definition) is 3. The molecule has 19 heteroatoms. The van der Waals surface area contributed by atoms with Crippen LogP contribution in [0.4, 0.5) is 18.3 Å². The standard InChI is InChI=1S/C51H38F3N5O8S3/c52-51(53,54)70(64,65)66-40-32-68-46-42(45(61)59(46)43(40)47(62)63)56-44(60)41(58-67-50(36-25-13-4-14-26-36,37-27-15-5-16-28-37)38-29-17-6-18-30-38)39-31-69-48(55-39)57-49(33-19-7-1-8-20-33,34-21-9-2-10-22-34)35-23-11-3-12-24-35/h1-31,42,46H,32H2,(H,55,57)(H,56,60)(H,62,63)/b58-41-/t42-,46-/m1/s1. The fourth-order valence-electron chi connectivity index (χ4n) is 8.42. The molecule has 3 heterocycles. The SMILES string of the molecule is O=C(O)C1=C(OS(=O)(=O)C(F)(F)F)CS[C@@H]2[C@H](NC(=O)/C(=N\OC(c3ccccc3)(c3ccccc3)c3ccccc3)c3csc(NC(c4ccccc4)(c4ccccc4)c4ccccc4)n3)C(=O)N12.